The monoisotopic (exact) mass is 298 g/mol. The molecular weight excluding hydrogens is 272 g/mol. The van der Waals surface area contributed by atoms with E-state index >= 15 is 0 Å². The number of hydrogen-bond acceptors (Lipinski definition) is 2. The van der Waals surface area contributed by atoms with E-state index in [1.165, 1.54) is 18.4 Å². The number of nitrogens with one attached hydrogen (secondary N) is 1. The molecule has 1 heterocycles. The van der Waals surface area contributed by atoms with Crippen molar-refractivity contribution in [3.63, 3.8) is 0 Å². The lowest BCUT2D eigenvalue weighted by molar-refractivity contribution is -0.122. The molecule has 118 valence electrons. The number of rotatable bonds is 6. The van der Waals surface area contributed by atoms with Gasteiger partial charge < -0.3 is 10.2 Å². The van der Waals surface area contributed by atoms with Crippen LogP contribution in [-0.2, 0) is 4.79 Å². The van der Waals surface area contributed by atoms with Gasteiger partial charge in [0.1, 0.15) is 0 Å². The molecule has 2 unspecified atom stereocenters. The maximum atomic E-state index is 12.4. The molecule has 2 atom stereocenters. The normalized spacial score (nSPS) is 22.8. The van der Waals surface area contributed by atoms with Crippen LogP contribution in [0.3, 0.4) is 0 Å². The SMILES string of the molecule is O=C(CC1C=CCC1)NC(CN1CCCC1)c1ccccc1. The van der Waals surface area contributed by atoms with Crippen LogP contribution in [0.25, 0.3) is 0 Å². The molecule has 2 aliphatic rings. The van der Waals surface area contributed by atoms with Gasteiger partial charge in [-0.15, -0.1) is 0 Å². The molecule has 1 aromatic carbocycles. The number of amides is 1. The van der Waals surface area contributed by atoms with E-state index in [1.54, 1.807) is 0 Å². The zero-order valence-corrected chi connectivity index (χ0v) is 13.2. The van der Waals surface area contributed by atoms with E-state index in [1.807, 2.05) is 6.07 Å². The minimum atomic E-state index is 0.109. The highest BCUT2D eigenvalue weighted by molar-refractivity contribution is 5.77. The molecule has 1 saturated heterocycles. The van der Waals surface area contributed by atoms with Crippen LogP contribution in [0.1, 0.15) is 43.7 Å². The minimum Gasteiger partial charge on any atom is -0.348 e. The quantitative estimate of drug-likeness (QED) is 0.817. The molecular formula is C19H26N2O. The van der Waals surface area contributed by atoms with Crippen molar-refractivity contribution in [1.29, 1.82) is 0 Å². The van der Waals surface area contributed by atoms with Crippen molar-refractivity contribution in [3.05, 3.63) is 48.0 Å². The molecule has 0 radical (unpaired) electrons. The zero-order chi connectivity index (χ0) is 15.2. The van der Waals surface area contributed by atoms with Crippen LogP contribution in [0, 0.1) is 5.92 Å². The van der Waals surface area contributed by atoms with Gasteiger partial charge in [-0.1, -0.05) is 42.5 Å². The molecule has 1 N–H and O–H groups in total. The Hall–Kier alpha value is -1.61. The van der Waals surface area contributed by atoms with Crippen LogP contribution < -0.4 is 5.32 Å². The van der Waals surface area contributed by atoms with Gasteiger partial charge in [-0.2, -0.15) is 0 Å². The van der Waals surface area contributed by atoms with Crippen LogP contribution in [0.15, 0.2) is 42.5 Å². The second kappa shape index (κ2) is 7.59. The van der Waals surface area contributed by atoms with E-state index in [-0.39, 0.29) is 11.9 Å². The van der Waals surface area contributed by atoms with Gasteiger partial charge in [0.2, 0.25) is 5.91 Å². The highest BCUT2D eigenvalue weighted by Gasteiger charge is 2.22. The first-order valence-electron chi connectivity index (χ1n) is 8.54. The highest BCUT2D eigenvalue weighted by atomic mass is 16.1. The molecule has 1 aromatic rings. The zero-order valence-electron chi connectivity index (χ0n) is 13.2. The van der Waals surface area contributed by atoms with Crippen molar-refractivity contribution in [2.45, 2.75) is 38.1 Å². The van der Waals surface area contributed by atoms with Gasteiger partial charge in [0.05, 0.1) is 6.04 Å². The van der Waals surface area contributed by atoms with Gasteiger partial charge >= 0.3 is 0 Å². The van der Waals surface area contributed by atoms with Crippen molar-refractivity contribution in [3.8, 4) is 0 Å². The molecule has 1 fully saturated rings. The van der Waals surface area contributed by atoms with E-state index < -0.39 is 0 Å². The fraction of sp³-hybridized carbons (Fsp3) is 0.526. The first-order valence-corrected chi connectivity index (χ1v) is 8.54. The van der Waals surface area contributed by atoms with E-state index in [0.29, 0.717) is 12.3 Å². The fourth-order valence-electron chi connectivity index (χ4n) is 3.50. The van der Waals surface area contributed by atoms with Crippen LogP contribution in [-0.4, -0.2) is 30.4 Å². The molecule has 0 saturated carbocycles. The number of carbonyl (C=O) groups is 1. The average molecular weight is 298 g/mol. The molecule has 3 nitrogen and oxygen atoms in total. The summed E-state index contributed by atoms with van der Waals surface area (Å²) in [5.74, 6) is 0.618. The Kier molecular flexibility index (Phi) is 5.28. The summed E-state index contributed by atoms with van der Waals surface area (Å²) >= 11 is 0. The van der Waals surface area contributed by atoms with E-state index in [4.69, 9.17) is 0 Å². The number of nitrogens with zero attached hydrogens (tertiary/aromatic N) is 1. The Morgan fingerprint density at radius 2 is 2.00 bits per heavy atom. The summed E-state index contributed by atoms with van der Waals surface area (Å²) in [6.07, 6.45) is 9.81. The lowest BCUT2D eigenvalue weighted by Gasteiger charge is -2.25. The van der Waals surface area contributed by atoms with Crippen molar-refractivity contribution < 1.29 is 4.79 Å². The minimum absolute atomic E-state index is 0.109. The summed E-state index contributed by atoms with van der Waals surface area (Å²) in [7, 11) is 0. The summed E-state index contributed by atoms with van der Waals surface area (Å²) in [5.41, 5.74) is 1.21. The van der Waals surface area contributed by atoms with Gasteiger partial charge in [0.25, 0.3) is 0 Å². The molecule has 1 aliphatic heterocycles. The molecule has 0 aromatic heterocycles. The van der Waals surface area contributed by atoms with Crippen molar-refractivity contribution in [2.24, 2.45) is 5.92 Å². The second-order valence-corrected chi connectivity index (χ2v) is 6.51. The van der Waals surface area contributed by atoms with Gasteiger partial charge in [0.15, 0.2) is 0 Å². The van der Waals surface area contributed by atoms with Crippen LogP contribution >= 0.6 is 0 Å². The largest absolute Gasteiger partial charge is 0.348 e. The number of likely N-dealkylation sites (tertiary alicyclic amines) is 1. The Labute approximate surface area is 133 Å². The molecule has 22 heavy (non-hydrogen) atoms. The third-order valence-corrected chi connectivity index (χ3v) is 4.74. The number of hydrogen-bond donors (Lipinski definition) is 1. The Balaban J connectivity index is 1.62. The maximum absolute atomic E-state index is 12.4. The van der Waals surface area contributed by atoms with Crippen LogP contribution in [0.4, 0.5) is 0 Å². The van der Waals surface area contributed by atoms with Gasteiger partial charge in [-0.3, -0.25) is 4.79 Å². The van der Waals surface area contributed by atoms with Crippen LogP contribution in [0.2, 0.25) is 0 Å². The third-order valence-electron chi connectivity index (χ3n) is 4.74. The lowest BCUT2D eigenvalue weighted by Crippen LogP contribution is -2.37. The van der Waals surface area contributed by atoms with Gasteiger partial charge in [-0.05, 0) is 50.3 Å². The van der Waals surface area contributed by atoms with E-state index in [0.717, 1.165) is 32.5 Å². The third kappa shape index (κ3) is 4.20. The predicted molar refractivity (Wildman–Crippen MR) is 89.5 cm³/mol. The first kappa shape index (κ1) is 15.3. The van der Waals surface area contributed by atoms with Gasteiger partial charge in [0, 0.05) is 13.0 Å². The Bertz CT molecular complexity index is 505. The number of benzene rings is 1. The summed E-state index contributed by atoms with van der Waals surface area (Å²) < 4.78 is 0. The van der Waals surface area contributed by atoms with E-state index in [9.17, 15) is 4.79 Å². The molecule has 0 bridgehead atoms. The molecule has 0 spiro atoms. The smallest absolute Gasteiger partial charge is 0.221 e. The van der Waals surface area contributed by atoms with Crippen molar-refractivity contribution in [1.82, 2.24) is 10.2 Å². The Morgan fingerprint density at radius 1 is 1.23 bits per heavy atom. The molecule has 3 rings (SSSR count). The highest BCUT2D eigenvalue weighted by Crippen LogP contribution is 2.22. The molecule has 1 aliphatic carbocycles. The van der Waals surface area contributed by atoms with Crippen LogP contribution in [0.5, 0.6) is 0 Å². The van der Waals surface area contributed by atoms with Gasteiger partial charge in [-0.25, -0.2) is 0 Å². The first-order chi connectivity index (χ1) is 10.8. The van der Waals surface area contributed by atoms with Crippen molar-refractivity contribution in [2.75, 3.05) is 19.6 Å². The Morgan fingerprint density at radius 3 is 2.68 bits per heavy atom. The maximum Gasteiger partial charge on any atom is 0.221 e. The summed E-state index contributed by atoms with van der Waals surface area (Å²) in [5, 5.41) is 3.27. The van der Waals surface area contributed by atoms with Crippen molar-refractivity contribution >= 4 is 5.91 Å². The lowest BCUT2D eigenvalue weighted by atomic mass is 10.0. The second-order valence-electron chi connectivity index (χ2n) is 6.51. The topological polar surface area (TPSA) is 32.3 Å². The predicted octanol–water partition coefficient (Wildman–Crippen LogP) is 3.30. The summed E-state index contributed by atoms with van der Waals surface area (Å²) in [4.78, 5) is 14.9. The molecule has 1 amide bonds. The van der Waals surface area contributed by atoms with E-state index in [2.05, 4.69) is 46.6 Å². The number of carbonyl (C=O) groups excluding carboxylic acids is 1. The standard InChI is InChI=1S/C19H26N2O/c22-19(14-16-8-4-5-9-16)20-18(15-21-12-6-7-13-21)17-10-2-1-3-11-17/h1-4,8,10-11,16,18H,5-7,9,12-15H2,(H,20,22). The number of allylic oxidation sites excluding steroid dienone is 2. The molecule has 3 heteroatoms. The fourth-order valence-corrected chi connectivity index (χ4v) is 3.50. The average Bonchev–Trinajstić information content (AvgIpc) is 3.21. The summed E-state index contributed by atoms with van der Waals surface area (Å²) in [6, 6.07) is 10.5. The summed E-state index contributed by atoms with van der Waals surface area (Å²) in [6.45, 7) is 3.24.